The van der Waals surface area contributed by atoms with Crippen molar-refractivity contribution in [2.24, 2.45) is 5.92 Å². The van der Waals surface area contributed by atoms with E-state index in [0.717, 1.165) is 30.6 Å². The number of amides is 1. The van der Waals surface area contributed by atoms with E-state index >= 15 is 0 Å². The van der Waals surface area contributed by atoms with E-state index in [-0.39, 0.29) is 5.91 Å². The van der Waals surface area contributed by atoms with Crippen molar-refractivity contribution >= 4 is 11.6 Å². The Bertz CT molecular complexity index is 964. The molecule has 1 amide bonds. The maximum absolute atomic E-state index is 12.7. The molecule has 26 heavy (non-hydrogen) atoms. The minimum absolute atomic E-state index is 0.178. The predicted octanol–water partition coefficient (Wildman–Crippen LogP) is 2.79. The fourth-order valence-electron chi connectivity index (χ4n) is 3.59. The summed E-state index contributed by atoms with van der Waals surface area (Å²) in [5, 5.41) is 7.38. The number of para-hydroxylation sites is 1. The highest BCUT2D eigenvalue weighted by Crippen LogP contribution is 2.26. The monoisotopic (exact) mass is 350 g/mol. The first-order valence-corrected chi connectivity index (χ1v) is 8.92. The number of methoxy groups -OCH3 is 1. The number of fused-ring (bicyclic) bond motifs is 3. The third-order valence-electron chi connectivity index (χ3n) is 5.03. The van der Waals surface area contributed by atoms with E-state index in [4.69, 9.17) is 4.74 Å². The minimum Gasteiger partial charge on any atom is -0.496 e. The number of rotatable bonds is 4. The van der Waals surface area contributed by atoms with Gasteiger partial charge in [0.05, 0.1) is 13.3 Å². The first kappa shape index (κ1) is 16.6. The molecule has 2 heterocycles. The smallest absolute Gasteiger partial charge is 0.257 e. The second-order valence-corrected chi connectivity index (χ2v) is 6.87. The van der Waals surface area contributed by atoms with Gasteiger partial charge in [0.1, 0.15) is 11.3 Å². The highest BCUT2D eigenvalue weighted by Gasteiger charge is 2.22. The van der Waals surface area contributed by atoms with Crippen molar-refractivity contribution in [2.75, 3.05) is 7.11 Å². The van der Waals surface area contributed by atoms with Crippen LogP contribution in [0.5, 0.6) is 5.75 Å². The fraction of sp³-hybridized carbons (Fsp3) is 0.350. The molecule has 0 fully saturated rings. The van der Waals surface area contributed by atoms with Crippen LogP contribution in [-0.4, -0.2) is 27.6 Å². The van der Waals surface area contributed by atoms with E-state index in [2.05, 4.69) is 22.3 Å². The first-order chi connectivity index (χ1) is 12.7. The Hall–Kier alpha value is -2.89. The van der Waals surface area contributed by atoms with Crippen LogP contribution < -0.4 is 10.1 Å². The number of hydrogen-bond donors (Lipinski definition) is 1. The number of aromatic nitrogens is 3. The maximum atomic E-state index is 12.7. The highest BCUT2D eigenvalue weighted by molar-refractivity contribution is 5.99. The summed E-state index contributed by atoms with van der Waals surface area (Å²) in [6.45, 7) is 2.65. The van der Waals surface area contributed by atoms with Gasteiger partial charge in [-0.25, -0.2) is 9.50 Å². The molecule has 1 aromatic carbocycles. The van der Waals surface area contributed by atoms with Gasteiger partial charge in [0.25, 0.3) is 5.91 Å². The number of nitrogens with one attached hydrogen (secondary N) is 1. The van der Waals surface area contributed by atoms with Crippen molar-refractivity contribution in [3.63, 3.8) is 0 Å². The average molecular weight is 350 g/mol. The molecule has 1 aliphatic rings. The Balaban J connectivity index is 1.58. The molecule has 134 valence electrons. The number of carbonyl (C=O) groups is 1. The van der Waals surface area contributed by atoms with Gasteiger partial charge in [-0.05, 0) is 36.8 Å². The lowest BCUT2D eigenvalue weighted by molar-refractivity contribution is 0.0952. The van der Waals surface area contributed by atoms with E-state index in [0.29, 0.717) is 23.7 Å². The van der Waals surface area contributed by atoms with Crippen LogP contribution in [0.3, 0.4) is 0 Å². The van der Waals surface area contributed by atoms with Crippen LogP contribution in [0.1, 0.15) is 40.5 Å². The van der Waals surface area contributed by atoms with Crippen molar-refractivity contribution in [1.82, 2.24) is 19.9 Å². The van der Waals surface area contributed by atoms with Gasteiger partial charge in [-0.2, -0.15) is 5.10 Å². The van der Waals surface area contributed by atoms with E-state index < -0.39 is 0 Å². The van der Waals surface area contributed by atoms with Crippen LogP contribution in [-0.2, 0) is 19.4 Å². The summed E-state index contributed by atoms with van der Waals surface area (Å²) in [5.74, 6) is 1.25. The van der Waals surface area contributed by atoms with Crippen LogP contribution in [0.2, 0.25) is 0 Å². The van der Waals surface area contributed by atoms with Gasteiger partial charge in [-0.15, -0.1) is 0 Å². The molecule has 1 N–H and O–H groups in total. The standard InChI is InChI=1S/C20H22N4O2/c1-13-7-8-17-15(9-13)11-21-19-16(12-23-24(17)19)20(25)22-10-14-5-3-4-6-18(14)26-2/h3-6,11-13H,7-10H2,1-2H3,(H,22,25)/t13-/m0/s1. The van der Waals surface area contributed by atoms with Crippen LogP contribution in [0.15, 0.2) is 36.7 Å². The SMILES string of the molecule is COc1ccccc1CNC(=O)c1cnn2c3c(cnc12)C[C@@H](C)CC3. The molecule has 0 radical (unpaired) electrons. The van der Waals surface area contributed by atoms with E-state index in [1.807, 2.05) is 35.0 Å². The zero-order valence-electron chi connectivity index (χ0n) is 15.0. The molecule has 0 aliphatic heterocycles. The van der Waals surface area contributed by atoms with E-state index in [1.54, 1.807) is 13.3 Å². The summed E-state index contributed by atoms with van der Waals surface area (Å²) in [7, 11) is 1.62. The van der Waals surface area contributed by atoms with Crippen LogP contribution in [0.25, 0.3) is 5.65 Å². The highest BCUT2D eigenvalue weighted by atomic mass is 16.5. The van der Waals surface area contributed by atoms with Crippen LogP contribution >= 0.6 is 0 Å². The second kappa shape index (κ2) is 6.78. The Morgan fingerprint density at radius 3 is 3.04 bits per heavy atom. The van der Waals surface area contributed by atoms with E-state index in [1.165, 1.54) is 11.3 Å². The molecule has 0 saturated heterocycles. The van der Waals surface area contributed by atoms with Crippen molar-refractivity contribution in [1.29, 1.82) is 0 Å². The molecule has 0 saturated carbocycles. The van der Waals surface area contributed by atoms with Gasteiger partial charge >= 0.3 is 0 Å². The zero-order valence-corrected chi connectivity index (χ0v) is 15.0. The van der Waals surface area contributed by atoms with E-state index in [9.17, 15) is 4.79 Å². The number of carbonyl (C=O) groups excluding carboxylic acids is 1. The predicted molar refractivity (Wildman–Crippen MR) is 98.3 cm³/mol. The summed E-state index contributed by atoms with van der Waals surface area (Å²) in [4.78, 5) is 17.2. The Morgan fingerprint density at radius 2 is 2.19 bits per heavy atom. The average Bonchev–Trinajstić information content (AvgIpc) is 3.10. The number of nitrogens with zero attached hydrogens (tertiary/aromatic N) is 3. The summed E-state index contributed by atoms with van der Waals surface area (Å²) < 4.78 is 7.16. The third-order valence-corrected chi connectivity index (χ3v) is 5.03. The zero-order chi connectivity index (χ0) is 18.1. The van der Waals surface area contributed by atoms with Gasteiger partial charge in [-0.3, -0.25) is 4.79 Å². The molecule has 0 bridgehead atoms. The minimum atomic E-state index is -0.178. The Morgan fingerprint density at radius 1 is 1.35 bits per heavy atom. The summed E-state index contributed by atoms with van der Waals surface area (Å²) in [6, 6.07) is 7.65. The van der Waals surface area contributed by atoms with Gasteiger partial charge in [0, 0.05) is 24.0 Å². The van der Waals surface area contributed by atoms with Gasteiger partial charge in [0.2, 0.25) is 0 Å². The molecule has 1 atom stereocenters. The molecule has 2 aromatic heterocycles. The van der Waals surface area contributed by atoms with Crippen molar-refractivity contribution in [2.45, 2.75) is 32.7 Å². The topological polar surface area (TPSA) is 68.5 Å². The molecule has 4 rings (SSSR count). The molecule has 3 aromatic rings. The molecular weight excluding hydrogens is 328 g/mol. The molecule has 6 nitrogen and oxygen atoms in total. The lowest BCUT2D eigenvalue weighted by Gasteiger charge is -2.21. The summed E-state index contributed by atoms with van der Waals surface area (Å²) in [5.41, 5.74) is 4.47. The van der Waals surface area contributed by atoms with Gasteiger partial charge in [-0.1, -0.05) is 25.1 Å². The molecule has 1 aliphatic carbocycles. The number of aryl methyl sites for hydroxylation is 1. The quantitative estimate of drug-likeness (QED) is 0.786. The maximum Gasteiger partial charge on any atom is 0.257 e. The van der Waals surface area contributed by atoms with Crippen LogP contribution in [0, 0.1) is 5.92 Å². The second-order valence-electron chi connectivity index (χ2n) is 6.87. The molecule has 0 spiro atoms. The van der Waals surface area contributed by atoms with Gasteiger partial charge in [0.15, 0.2) is 5.65 Å². The molecule has 6 heteroatoms. The van der Waals surface area contributed by atoms with Crippen LogP contribution in [0.4, 0.5) is 0 Å². The summed E-state index contributed by atoms with van der Waals surface area (Å²) in [6.07, 6.45) is 6.64. The van der Waals surface area contributed by atoms with Gasteiger partial charge < -0.3 is 10.1 Å². The summed E-state index contributed by atoms with van der Waals surface area (Å²) >= 11 is 0. The largest absolute Gasteiger partial charge is 0.496 e. The lowest BCUT2D eigenvalue weighted by Crippen LogP contribution is -2.23. The first-order valence-electron chi connectivity index (χ1n) is 8.92. The number of hydrogen-bond acceptors (Lipinski definition) is 4. The van der Waals surface area contributed by atoms with Crippen molar-refractivity contribution in [3.05, 3.63) is 59.0 Å². The third kappa shape index (κ3) is 2.92. The normalized spacial score (nSPS) is 16.3. The Kier molecular flexibility index (Phi) is 4.32. The number of ether oxygens (including phenoxy) is 1. The molecular formula is C20H22N4O2. The lowest BCUT2D eigenvalue weighted by atomic mass is 9.89. The molecule has 0 unspecified atom stereocenters. The van der Waals surface area contributed by atoms with Crippen molar-refractivity contribution < 1.29 is 9.53 Å². The fourth-order valence-corrected chi connectivity index (χ4v) is 3.59. The Labute approximate surface area is 152 Å². The van der Waals surface area contributed by atoms with Crippen molar-refractivity contribution in [3.8, 4) is 5.75 Å². The number of benzene rings is 1.